The first-order valence-electron chi connectivity index (χ1n) is 5.03. The maximum Gasteiger partial charge on any atom is 0.170 e. The van der Waals surface area contributed by atoms with Crippen LogP contribution in [0.3, 0.4) is 0 Å². The van der Waals surface area contributed by atoms with Crippen LogP contribution in [-0.2, 0) is 6.54 Å². The summed E-state index contributed by atoms with van der Waals surface area (Å²) < 4.78 is 0. The van der Waals surface area contributed by atoms with Crippen LogP contribution in [0.25, 0.3) is 0 Å². The molecule has 0 amide bonds. The molecule has 0 bridgehead atoms. The number of amidine groups is 1. The average molecular weight is 223 g/mol. The third-order valence-corrected chi connectivity index (χ3v) is 2.26. The van der Waals surface area contributed by atoms with E-state index < -0.39 is 0 Å². The Morgan fingerprint density at radius 2 is 2.25 bits per heavy atom. The first-order chi connectivity index (χ1) is 7.67. The van der Waals surface area contributed by atoms with E-state index in [2.05, 4.69) is 5.16 Å². The standard InChI is InChI=1S/C11H17N3O2/c1-14(5-6-15)8-9-3-2-4-10(7-9)11(12)13-16/h2-4,7,15-16H,5-6,8H2,1H3,(H2,12,13). The monoisotopic (exact) mass is 223 g/mol. The number of hydrogen-bond acceptors (Lipinski definition) is 4. The van der Waals surface area contributed by atoms with Gasteiger partial charge in [0.05, 0.1) is 6.61 Å². The fourth-order valence-electron chi connectivity index (χ4n) is 1.45. The molecule has 0 heterocycles. The molecule has 0 radical (unpaired) electrons. The van der Waals surface area contributed by atoms with E-state index in [9.17, 15) is 0 Å². The van der Waals surface area contributed by atoms with E-state index in [0.717, 1.165) is 5.56 Å². The SMILES string of the molecule is CN(CCO)Cc1cccc(C(N)=NO)c1. The van der Waals surface area contributed by atoms with Crippen molar-refractivity contribution in [1.82, 2.24) is 4.90 Å². The van der Waals surface area contributed by atoms with E-state index in [4.69, 9.17) is 16.0 Å². The smallest absolute Gasteiger partial charge is 0.170 e. The van der Waals surface area contributed by atoms with E-state index >= 15 is 0 Å². The second-order valence-electron chi connectivity index (χ2n) is 3.65. The molecule has 5 nitrogen and oxygen atoms in total. The van der Waals surface area contributed by atoms with Crippen molar-refractivity contribution in [2.24, 2.45) is 10.9 Å². The topological polar surface area (TPSA) is 82.1 Å². The first-order valence-corrected chi connectivity index (χ1v) is 5.03. The number of rotatable bonds is 5. The van der Waals surface area contributed by atoms with Gasteiger partial charge in [-0.05, 0) is 18.7 Å². The van der Waals surface area contributed by atoms with Crippen molar-refractivity contribution >= 4 is 5.84 Å². The van der Waals surface area contributed by atoms with Gasteiger partial charge in [-0.25, -0.2) is 0 Å². The van der Waals surface area contributed by atoms with Crippen LogP contribution in [0.2, 0.25) is 0 Å². The molecular formula is C11H17N3O2. The highest BCUT2D eigenvalue weighted by Crippen LogP contribution is 2.07. The molecule has 1 aromatic carbocycles. The van der Waals surface area contributed by atoms with Crippen molar-refractivity contribution in [2.45, 2.75) is 6.54 Å². The van der Waals surface area contributed by atoms with Gasteiger partial charge in [0, 0.05) is 18.7 Å². The lowest BCUT2D eigenvalue weighted by Gasteiger charge is -2.15. The van der Waals surface area contributed by atoms with Crippen LogP contribution in [0.4, 0.5) is 0 Å². The molecular weight excluding hydrogens is 206 g/mol. The van der Waals surface area contributed by atoms with Crippen molar-refractivity contribution in [2.75, 3.05) is 20.2 Å². The minimum atomic E-state index is 0.103. The van der Waals surface area contributed by atoms with Crippen molar-refractivity contribution in [3.63, 3.8) is 0 Å². The molecule has 0 saturated carbocycles. The van der Waals surface area contributed by atoms with E-state index in [1.165, 1.54) is 0 Å². The van der Waals surface area contributed by atoms with Crippen molar-refractivity contribution < 1.29 is 10.3 Å². The summed E-state index contributed by atoms with van der Waals surface area (Å²) >= 11 is 0. The third-order valence-electron chi connectivity index (χ3n) is 2.26. The number of benzene rings is 1. The van der Waals surface area contributed by atoms with Crippen LogP contribution in [0, 0.1) is 0 Å². The largest absolute Gasteiger partial charge is 0.409 e. The number of nitrogens with zero attached hydrogens (tertiary/aromatic N) is 2. The van der Waals surface area contributed by atoms with Gasteiger partial charge in [0.25, 0.3) is 0 Å². The zero-order valence-corrected chi connectivity index (χ0v) is 9.30. The van der Waals surface area contributed by atoms with Crippen molar-refractivity contribution in [3.05, 3.63) is 35.4 Å². The van der Waals surface area contributed by atoms with E-state index in [0.29, 0.717) is 18.7 Å². The molecule has 0 fully saturated rings. The molecule has 0 aliphatic heterocycles. The highest BCUT2D eigenvalue weighted by Gasteiger charge is 2.03. The Kier molecular flexibility index (Phi) is 4.75. The molecule has 0 spiro atoms. The van der Waals surface area contributed by atoms with Gasteiger partial charge < -0.3 is 16.0 Å². The maximum absolute atomic E-state index is 8.78. The van der Waals surface area contributed by atoms with Gasteiger partial charge in [-0.2, -0.15) is 0 Å². The Labute approximate surface area is 94.8 Å². The average Bonchev–Trinajstić information content (AvgIpc) is 2.28. The second-order valence-corrected chi connectivity index (χ2v) is 3.65. The highest BCUT2D eigenvalue weighted by molar-refractivity contribution is 5.97. The molecule has 1 rings (SSSR count). The van der Waals surface area contributed by atoms with Crippen LogP contribution >= 0.6 is 0 Å². The lowest BCUT2D eigenvalue weighted by molar-refractivity contribution is 0.217. The fourth-order valence-corrected chi connectivity index (χ4v) is 1.45. The summed E-state index contributed by atoms with van der Waals surface area (Å²) in [5.74, 6) is 0.103. The maximum atomic E-state index is 8.78. The molecule has 0 aliphatic carbocycles. The zero-order valence-electron chi connectivity index (χ0n) is 9.30. The second kappa shape index (κ2) is 6.09. The van der Waals surface area contributed by atoms with Crippen LogP contribution in [0.1, 0.15) is 11.1 Å². The Morgan fingerprint density at radius 1 is 1.50 bits per heavy atom. The highest BCUT2D eigenvalue weighted by atomic mass is 16.4. The number of nitrogens with two attached hydrogens (primary N) is 1. The quantitative estimate of drug-likeness (QED) is 0.288. The van der Waals surface area contributed by atoms with E-state index in [1.54, 1.807) is 6.07 Å². The van der Waals surface area contributed by atoms with Gasteiger partial charge in [0.15, 0.2) is 5.84 Å². The number of aliphatic hydroxyl groups excluding tert-OH is 1. The number of oxime groups is 1. The molecule has 16 heavy (non-hydrogen) atoms. The summed E-state index contributed by atoms with van der Waals surface area (Å²) in [7, 11) is 1.92. The van der Waals surface area contributed by atoms with E-state index in [1.807, 2.05) is 30.1 Å². The number of aliphatic hydroxyl groups is 1. The first kappa shape index (κ1) is 12.5. The number of likely N-dealkylation sites (N-methyl/N-ethyl adjacent to an activating group) is 1. The van der Waals surface area contributed by atoms with Crippen LogP contribution in [0.15, 0.2) is 29.4 Å². The fraction of sp³-hybridized carbons (Fsp3) is 0.364. The Hall–Kier alpha value is -1.59. The zero-order chi connectivity index (χ0) is 12.0. The molecule has 4 N–H and O–H groups in total. The van der Waals surface area contributed by atoms with Crippen molar-refractivity contribution in [1.29, 1.82) is 0 Å². The Morgan fingerprint density at radius 3 is 2.88 bits per heavy atom. The minimum Gasteiger partial charge on any atom is -0.409 e. The Bertz CT molecular complexity index is 366. The lowest BCUT2D eigenvalue weighted by Crippen LogP contribution is -2.22. The minimum absolute atomic E-state index is 0.103. The van der Waals surface area contributed by atoms with Gasteiger partial charge in [0.2, 0.25) is 0 Å². The molecule has 0 atom stereocenters. The van der Waals surface area contributed by atoms with Crippen LogP contribution < -0.4 is 5.73 Å². The molecule has 0 aliphatic rings. The third kappa shape index (κ3) is 3.52. The summed E-state index contributed by atoms with van der Waals surface area (Å²) in [6, 6.07) is 7.46. The molecule has 0 saturated heterocycles. The van der Waals surface area contributed by atoms with Crippen molar-refractivity contribution in [3.8, 4) is 0 Å². The lowest BCUT2D eigenvalue weighted by atomic mass is 10.1. The molecule has 88 valence electrons. The van der Waals surface area contributed by atoms with Gasteiger partial charge in [-0.1, -0.05) is 23.4 Å². The normalized spacial score (nSPS) is 12.1. The van der Waals surface area contributed by atoms with Gasteiger partial charge in [0.1, 0.15) is 0 Å². The van der Waals surface area contributed by atoms with Crippen LogP contribution in [0.5, 0.6) is 0 Å². The van der Waals surface area contributed by atoms with E-state index in [-0.39, 0.29) is 12.4 Å². The predicted octanol–water partition coefficient (Wildman–Crippen LogP) is 0.205. The Balaban J connectivity index is 2.75. The molecule has 1 aromatic rings. The van der Waals surface area contributed by atoms with Gasteiger partial charge >= 0.3 is 0 Å². The summed E-state index contributed by atoms with van der Waals surface area (Å²) in [5.41, 5.74) is 7.25. The van der Waals surface area contributed by atoms with Gasteiger partial charge in [-0.3, -0.25) is 4.90 Å². The summed E-state index contributed by atoms with van der Waals surface area (Å²) in [4.78, 5) is 1.99. The molecule has 0 aromatic heterocycles. The predicted molar refractivity (Wildman–Crippen MR) is 62.4 cm³/mol. The summed E-state index contributed by atoms with van der Waals surface area (Å²) in [6.07, 6.45) is 0. The summed E-state index contributed by atoms with van der Waals surface area (Å²) in [5, 5.41) is 20.3. The molecule has 0 unspecified atom stereocenters. The number of hydrogen-bond donors (Lipinski definition) is 3. The summed E-state index contributed by atoms with van der Waals surface area (Å²) in [6.45, 7) is 1.47. The molecule has 5 heteroatoms. The van der Waals surface area contributed by atoms with Gasteiger partial charge in [-0.15, -0.1) is 0 Å². The van der Waals surface area contributed by atoms with Crippen LogP contribution in [-0.4, -0.2) is 41.2 Å².